The summed E-state index contributed by atoms with van der Waals surface area (Å²) in [4.78, 5) is 27.6. The fourth-order valence-electron chi connectivity index (χ4n) is 3.93. The lowest BCUT2D eigenvalue weighted by molar-refractivity contribution is -0.123. The van der Waals surface area contributed by atoms with Crippen molar-refractivity contribution in [3.8, 4) is 0 Å². The fourth-order valence-corrected chi connectivity index (χ4v) is 3.93. The van der Waals surface area contributed by atoms with E-state index in [0.29, 0.717) is 5.56 Å². The minimum atomic E-state index is -1.13. The van der Waals surface area contributed by atoms with Crippen LogP contribution in [-0.2, 0) is 9.59 Å². The van der Waals surface area contributed by atoms with E-state index in [0.717, 1.165) is 27.8 Å². The first-order chi connectivity index (χ1) is 14.6. The molecule has 1 amide bonds. The van der Waals surface area contributed by atoms with Gasteiger partial charge in [-0.1, -0.05) is 63.2 Å². The molecule has 1 aliphatic heterocycles. The van der Waals surface area contributed by atoms with Crippen LogP contribution >= 0.6 is 0 Å². The van der Waals surface area contributed by atoms with Crippen molar-refractivity contribution in [1.82, 2.24) is 0 Å². The zero-order chi connectivity index (χ0) is 22.5. The van der Waals surface area contributed by atoms with Crippen molar-refractivity contribution in [1.29, 1.82) is 0 Å². The zero-order valence-corrected chi connectivity index (χ0v) is 17.3. The average Bonchev–Trinajstić information content (AvgIpc) is 2.99. The van der Waals surface area contributed by atoms with Crippen LogP contribution < -0.4 is 4.90 Å². The molecule has 0 bridgehead atoms. The van der Waals surface area contributed by atoms with Crippen LogP contribution in [0, 0.1) is 17.0 Å². The molecule has 1 heterocycles. The molecule has 158 valence electrons. The molecule has 31 heavy (non-hydrogen) atoms. The second kappa shape index (κ2) is 7.30. The molecule has 0 aromatic heterocycles. The lowest BCUT2D eigenvalue weighted by atomic mass is 9.81. The maximum absolute atomic E-state index is 14.0. The largest absolute Gasteiger partial charge is 0.503 e. The van der Waals surface area contributed by atoms with Gasteiger partial charge < -0.3 is 5.11 Å². The number of amides is 1. The molecular weight excluding hydrogens is 400 g/mol. The number of aliphatic hydroxyl groups excluding tert-OH is 1. The Morgan fingerprint density at radius 3 is 2.32 bits per heavy atom. The summed E-state index contributed by atoms with van der Waals surface area (Å²) in [6, 6.07) is 15.0. The summed E-state index contributed by atoms with van der Waals surface area (Å²) in [6.45, 7) is 5.08. The van der Waals surface area contributed by atoms with Gasteiger partial charge >= 0.3 is 0 Å². The molecular formula is C25H21F2NO3. The molecule has 1 N–H and O–H groups in total. The van der Waals surface area contributed by atoms with E-state index < -0.39 is 40.5 Å². The highest BCUT2D eigenvalue weighted by Crippen LogP contribution is 2.45. The molecule has 1 unspecified atom stereocenters. The average molecular weight is 421 g/mol. The predicted molar refractivity (Wildman–Crippen MR) is 115 cm³/mol. The van der Waals surface area contributed by atoms with Crippen molar-refractivity contribution < 1.29 is 23.5 Å². The molecule has 0 fully saturated rings. The molecule has 3 aromatic rings. The van der Waals surface area contributed by atoms with Gasteiger partial charge in [-0.3, -0.25) is 14.5 Å². The van der Waals surface area contributed by atoms with Gasteiger partial charge in [-0.25, -0.2) is 8.78 Å². The van der Waals surface area contributed by atoms with Gasteiger partial charge in [-0.15, -0.1) is 0 Å². The van der Waals surface area contributed by atoms with Gasteiger partial charge in [0.1, 0.15) is 0 Å². The van der Waals surface area contributed by atoms with E-state index in [1.165, 1.54) is 6.07 Å². The first kappa shape index (κ1) is 20.7. The molecule has 0 radical (unpaired) electrons. The number of carbonyl (C=O) groups excluding carboxylic acids is 2. The number of nitrogens with zero attached hydrogens (tertiary/aromatic N) is 1. The number of fused-ring (bicyclic) bond motifs is 1. The second-order valence-electron chi connectivity index (χ2n) is 8.59. The standard InChI is InChI=1S/C25H21F2NO3/c1-25(2,3)23(30)20-21(17-10-6-8-14-7-4-5-9-16(14)17)28(24(31)22(20)29)15-11-12-18(26)19(27)13-15/h4-13,21,29H,1-3H3. The van der Waals surface area contributed by atoms with Crippen molar-refractivity contribution in [2.45, 2.75) is 26.8 Å². The number of ketones is 1. The highest BCUT2D eigenvalue weighted by molar-refractivity contribution is 6.18. The first-order valence-electron chi connectivity index (χ1n) is 9.85. The number of anilines is 1. The molecule has 3 aromatic carbocycles. The molecule has 0 saturated heterocycles. The van der Waals surface area contributed by atoms with Crippen LogP contribution in [0.4, 0.5) is 14.5 Å². The van der Waals surface area contributed by atoms with E-state index in [2.05, 4.69) is 0 Å². The van der Waals surface area contributed by atoms with Gasteiger partial charge in [0.25, 0.3) is 5.91 Å². The summed E-state index contributed by atoms with van der Waals surface area (Å²) in [5, 5.41) is 12.4. The van der Waals surface area contributed by atoms with E-state index in [-0.39, 0.29) is 11.3 Å². The SMILES string of the molecule is CC(C)(C)C(=O)C1=C(O)C(=O)N(c2ccc(F)c(F)c2)C1c1cccc2ccccc12. The number of halogens is 2. The summed E-state index contributed by atoms with van der Waals surface area (Å²) in [5.74, 6) is -4.10. The second-order valence-corrected chi connectivity index (χ2v) is 8.59. The van der Waals surface area contributed by atoms with Crippen LogP contribution in [0.2, 0.25) is 0 Å². The van der Waals surface area contributed by atoms with Gasteiger partial charge in [0.05, 0.1) is 11.6 Å². The van der Waals surface area contributed by atoms with Gasteiger partial charge in [0, 0.05) is 17.2 Å². The molecule has 4 nitrogen and oxygen atoms in total. The Kier molecular flexibility index (Phi) is 4.88. The Balaban J connectivity index is 2.01. The van der Waals surface area contributed by atoms with Gasteiger partial charge in [0.15, 0.2) is 23.2 Å². The highest BCUT2D eigenvalue weighted by atomic mass is 19.2. The lowest BCUT2D eigenvalue weighted by Crippen LogP contribution is -2.33. The number of aliphatic hydroxyl groups is 1. The van der Waals surface area contributed by atoms with Crippen molar-refractivity contribution in [2.24, 2.45) is 5.41 Å². The van der Waals surface area contributed by atoms with Crippen LogP contribution in [0.25, 0.3) is 10.8 Å². The molecule has 0 aliphatic carbocycles. The quantitative estimate of drug-likeness (QED) is 0.596. The Morgan fingerprint density at radius 1 is 0.968 bits per heavy atom. The van der Waals surface area contributed by atoms with E-state index in [1.54, 1.807) is 32.9 Å². The Hall–Kier alpha value is -3.54. The molecule has 1 atom stereocenters. The molecule has 4 rings (SSSR count). The number of rotatable bonds is 3. The van der Waals surface area contributed by atoms with Crippen molar-refractivity contribution in [2.75, 3.05) is 4.90 Å². The monoisotopic (exact) mass is 421 g/mol. The maximum Gasteiger partial charge on any atom is 0.294 e. The van der Waals surface area contributed by atoms with E-state index in [1.807, 2.05) is 30.3 Å². The number of hydrogen-bond donors (Lipinski definition) is 1. The molecule has 0 saturated carbocycles. The van der Waals surface area contributed by atoms with E-state index in [9.17, 15) is 23.5 Å². The van der Waals surface area contributed by atoms with Crippen molar-refractivity contribution in [3.63, 3.8) is 0 Å². The van der Waals surface area contributed by atoms with Crippen LogP contribution in [0.3, 0.4) is 0 Å². The van der Waals surface area contributed by atoms with Crippen molar-refractivity contribution in [3.05, 3.63) is 89.2 Å². The normalized spacial score (nSPS) is 17.0. The van der Waals surface area contributed by atoms with Crippen LogP contribution in [0.1, 0.15) is 32.4 Å². The van der Waals surface area contributed by atoms with Gasteiger partial charge in [0.2, 0.25) is 0 Å². The van der Waals surface area contributed by atoms with Gasteiger partial charge in [-0.2, -0.15) is 0 Å². The van der Waals surface area contributed by atoms with Crippen LogP contribution in [0.5, 0.6) is 0 Å². The molecule has 6 heteroatoms. The number of hydrogen-bond acceptors (Lipinski definition) is 3. The summed E-state index contributed by atoms with van der Waals surface area (Å²) in [7, 11) is 0. The lowest BCUT2D eigenvalue weighted by Gasteiger charge is -2.29. The Labute approximate surface area is 178 Å². The summed E-state index contributed by atoms with van der Waals surface area (Å²) < 4.78 is 27.6. The van der Waals surface area contributed by atoms with Crippen molar-refractivity contribution >= 4 is 28.2 Å². The number of carbonyl (C=O) groups is 2. The van der Waals surface area contributed by atoms with Crippen LogP contribution in [0.15, 0.2) is 72.0 Å². The fraction of sp³-hybridized carbons (Fsp3) is 0.200. The third-order valence-corrected chi connectivity index (χ3v) is 5.43. The molecule has 1 aliphatic rings. The van der Waals surface area contributed by atoms with E-state index in [4.69, 9.17) is 0 Å². The Bertz CT molecular complexity index is 1250. The maximum atomic E-state index is 14.0. The van der Waals surface area contributed by atoms with Gasteiger partial charge in [-0.05, 0) is 28.5 Å². The third kappa shape index (κ3) is 3.38. The Morgan fingerprint density at radius 2 is 1.65 bits per heavy atom. The third-order valence-electron chi connectivity index (χ3n) is 5.43. The number of benzene rings is 3. The predicted octanol–water partition coefficient (Wildman–Crippen LogP) is 5.63. The number of Topliss-reactive ketones (excluding diaryl/α,β-unsaturated/α-hetero) is 1. The summed E-state index contributed by atoms with van der Waals surface area (Å²) in [6.07, 6.45) is 0. The minimum Gasteiger partial charge on any atom is -0.503 e. The van der Waals surface area contributed by atoms with Crippen LogP contribution in [-0.4, -0.2) is 16.8 Å². The summed E-state index contributed by atoms with van der Waals surface area (Å²) in [5.41, 5.74) is -0.284. The topological polar surface area (TPSA) is 57.6 Å². The highest BCUT2D eigenvalue weighted by Gasteiger charge is 2.47. The molecule has 0 spiro atoms. The zero-order valence-electron chi connectivity index (χ0n) is 17.3. The van der Waals surface area contributed by atoms with E-state index >= 15 is 0 Å². The smallest absolute Gasteiger partial charge is 0.294 e. The minimum absolute atomic E-state index is 0.0464. The first-order valence-corrected chi connectivity index (χ1v) is 9.85. The summed E-state index contributed by atoms with van der Waals surface area (Å²) >= 11 is 0.